The van der Waals surface area contributed by atoms with E-state index in [0.717, 1.165) is 47.1 Å². The van der Waals surface area contributed by atoms with Crippen molar-refractivity contribution in [3.05, 3.63) is 79.9 Å². The van der Waals surface area contributed by atoms with Gasteiger partial charge in [-0.15, -0.1) is 11.3 Å². The second-order valence-corrected chi connectivity index (χ2v) is 11.9. The fraction of sp³-hybridized carbons (Fsp3) is 0.345. The second-order valence-electron chi connectivity index (χ2n) is 10.7. The van der Waals surface area contributed by atoms with Gasteiger partial charge in [0.15, 0.2) is 6.29 Å². The third kappa shape index (κ3) is 5.35. The van der Waals surface area contributed by atoms with E-state index in [1.54, 1.807) is 55.4 Å². The number of aliphatic hydroxyl groups is 1. The van der Waals surface area contributed by atoms with E-state index in [9.17, 15) is 14.7 Å². The number of nitrogens with one attached hydrogen (secondary N) is 1. The van der Waals surface area contributed by atoms with Gasteiger partial charge in [-0.1, -0.05) is 13.8 Å². The van der Waals surface area contributed by atoms with Crippen LogP contribution in [0.4, 0.5) is 17.3 Å². The molecule has 0 saturated carbocycles. The van der Waals surface area contributed by atoms with Crippen LogP contribution in [0.3, 0.4) is 0 Å². The first kappa shape index (κ1) is 26.7. The molecule has 1 aliphatic carbocycles. The smallest absolute Gasteiger partial charge is 0.274 e. The van der Waals surface area contributed by atoms with E-state index < -0.39 is 0 Å². The molecule has 0 saturated heterocycles. The van der Waals surface area contributed by atoms with Gasteiger partial charge >= 0.3 is 0 Å². The fourth-order valence-electron chi connectivity index (χ4n) is 5.34. The SMILES string of the molecule is CN(CCc1c(C=O)sc2c1CC(C)(C)C2)c1nccc(-c2cc(Nc3cnccn3)c(=O)n(C)c2)c1CO. The summed E-state index contributed by atoms with van der Waals surface area (Å²) >= 11 is 1.63. The number of anilines is 3. The van der Waals surface area contributed by atoms with Gasteiger partial charge in [-0.3, -0.25) is 14.6 Å². The molecule has 4 heterocycles. The first-order valence-electron chi connectivity index (χ1n) is 12.8. The number of nitrogens with zero attached hydrogens (tertiary/aromatic N) is 5. The van der Waals surface area contributed by atoms with E-state index in [1.165, 1.54) is 15.0 Å². The summed E-state index contributed by atoms with van der Waals surface area (Å²) in [6.07, 6.45) is 11.8. The third-order valence-corrected chi connectivity index (χ3v) is 8.40. The lowest BCUT2D eigenvalue weighted by atomic mass is 9.89. The molecular weight excluding hydrogens is 512 g/mol. The number of aliphatic hydroxyl groups excluding tert-OH is 1. The monoisotopic (exact) mass is 544 g/mol. The minimum atomic E-state index is -0.222. The summed E-state index contributed by atoms with van der Waals surface area (Å²) in [4.78, 5) is 41.7. The first-order chi connectivity index (χ1) is 18.7. The van der Waals surface area contributed by atoms with Crippen LogP contribution < -0.4 is 15.8 Å². The van der Waals surface area contributed by atoms with Gasteiger partial charge < -0.3 is 19.9 Å². The Hall–Kier alpha value is -3.89. The average Bonchev–Trinajstić information content (AvgIpc) is 3.40. The van der Waals surface area contributed by atoms with Crippen molar-refractivity contribution >= 4 is 34.9 Å². The molecule has 0 bridgehead atoms. The lowest BCUT2D eigenvalue weighted by Crippen LogP contribution is -2.24. The summed E-state index contributed by atoms with van der Waals surface area (Å²) in [5.74, 6) is 1.12. The van der Waals surface area contributed by atoms with Crippen molar-refractivity contribution in [1.82, 2.24) is 19.5 Å². The number of hydrogen-bond acceptors (Lipinski definition) is 9. The van der Waals surface area contributed by atoms with Gasteiger partial charge in [0.2, 0.25) is 0 Å². The van der Waals surface area contributed by atoms with Crippen LogP contribution in [0.5, 0.6) is 0 Å². The summed E-state index contributed by atoms with van der Waals surface area (Å²) in [5.41, 5.74) is 5.03. The number of pyridine rings is 2. The molecule has 39 heavy (non-hydrogen) atoms. The minimum Gasteiger partial charge on any atom is -0.392 e. The van der Waals surface area contributed by atoms with Crippen LogP contribution in [0.15, 0.2) is 47.9 Å². The van der Waals surface area contributed by atoms with Crippen molar-refractivity contribution in [3.63, 3.8) is 0 Å². The zero-order chi connectivity index (χ0) is 27.7. The summed E-state index contributed by atoms with van der Waals surface area (Å²) in [6, 6.07) is 3.59. The molecule has 0 aromatic carbocycles. The van der Waals surface area contributed by atoms with Gasteiger partial charge in [0.05, 0.1) is 17.7 Å². The third-order valence-electron chi connectivity index (χ3n) is 7.20. The van der Waals surface area contributed by atoms with E-state index in [1.807, 2.05) is 18.0 Å². The van der Waals surface area contributed by atoms with Crippen LogP contribution in [0.1, 0.15) is 45.1 Å². The van der Waals surface area contributed by atoms with Crippen LogP contribution >= 0.6 is 11.3 Å². The highest BCUT2D eigenvalue weighted by atomic mass is 32.1. The standard InChI is InChI=1S/C29H32N6O3S/c1-29(2)12-21-20(25(17-37)39-24(21)13-29)6-10-34(3)27-22(16-36)19(5-7-32-27)18-11-23(28(38)35(4)15-18)33-26-14-30-8-9-31-26/h5,7-9,11,14-15,17,36H,6,10,12-13,16H2,1-4H3,(H,31,33). The number of carbonyl (C=O) groups is 1. The van der Waals surface area contributed by atoms with E-state index in [-0.39, 0.29) is 17.6 Å². The van der Waals surface area contributed by atoms with E-state index in [0.29, 0.717) is 29.4 Å². The molecule has 0 radical (unpaired) electrons. The number of carbonyl (C=O) groups excluding carboxylic acids is 1. The minimum absolute atomic E-state index is 0.209. The normalized spacial score (nSPS) is 13.8. The quantitative estimate of drug-likeness (QED) is 0.302. The van der Waals surface area contributed by atoms with Crippen LogP contribution in [0.2, 0.25) is 0 Å². The maximum atomic E-state index is 12.8. The van der Waals surface area contributed by atoms with Crippen molar-refractivity contribution in [1.29, 1.82) is 0 Å². The van der Waals surface area contributed by atoms with Crippen LogP contribution in [-0.2, 0) is 32.9 Å². The summed E-state index contributed by atoms with van der Waals surface area (Å²) < 4.78 is 1.50. The highest BCUT2D eigenvalue weighted by Crippen LogP contribution is 2.43. The number of aromatic nitrogens is 4. The summed E-state index contributed by atoms with van der Waals surface area (Å²) in [6.45, 7) is 4.96. The number of aldehydes is 1. The van der Waals surface area contributed by atoms with Crippen molar-refractivity contribution in [2.24, 2.45) is 12.5 Å². The molecule has 10 heteroatoms. The van der Waals surface area contributed by atoms with Crippen molar-refractivity contribution in [2.45, 2.75) is 39.7 Å². The van der Waals surface area contributed by atoms with Crippen LogP contribution in [-0.4, -0.2) is 44.5 Å². The highest BCUT2D eigenvalue weighted by molar-refractivity contribution is 7.14. The molecule has 1 aliphatic rings. The number of fused-ring (bicyclic) bond motifs is 1. The highest BCUT2D eigenvalue weighted by Gasteiger charge is 2.33. The Morgan fingerprint density at radius 1 is 1.21 bits per heavy atom. The van der Waals surface area contributed by atoms with Gasteiger partial charge in [-0.05, 0) is 53.5 Å². The predicted octanol–water partition coefficient (Wildman–Crippen LogP) is 4.15. The van der Waals surface area contributed by atoms with E-state index >= 15 is 0 Å². The predicted molar refractivity (Wildman–Crippen MR) is 154 cm³/mol. The molecular formula is C29H32N6O3S. The molecule has 0 spiro atoms. The molecule has 2 N–H and O–H groups in total. The molecule has 0 amide bonds. The zero-order valence-corrected chi connectivity index (χ0v) is 23.4. The average molecular weight is 545 g/mol. The van der Waals surface area contributed by atoms with Gasteiger partial charge in [0, 0.05) is 61.4 Å². The fourth-order valence-corrected chi connectivity index (χ4v) is 6.78. The Morgan fingerprint density at radius 2 is 2.03 bits per heavy atom. The number of hydrogen-bond donors (Lipinski definition) is 2. The molecule has 5 rings (SSSR count). The Morgan fingerprint density at radius 3 is 2.74 bits per heavy atom. The van der Waals surface area contributed by atoms with E-state index in [4.69, 9.17) is 0 Å². The second kappa shape index (κ2) is 10.7. The first-order valence-corrected chi connectivity index (χ1v) is 13.6. The Kier molecular flexibility index (Phi) is 7.33. The maximum Gasteiger partial charge on any atom is 0.274 e. The largest absolute Gasteiger partial charge is 0.392 e. The molecule has 0 unspecified atom stereocenters. The lowest BCUT2D eigenvalue weighted by molar-refractivity contribution is 0.112. The molecule has 0 atom stereocenters. The van der Waals surface area contributed by atoms with Gasteiger partial charge in [-0.2, -0.15) is 0 Å². The van der Waals surface area contributed by atoms with Crippen LogP contribution in [0.25, 0.3) is 11.1 Å². The van der Waals surface area contributed by atoms with E-state index in [2.05, 4.69) is 34.1 Å². The molecule has 9 nitrogen and oxygen atoms in total. The van der Waals surface area contributed by atoms with Gasteiger partial charge in [0.25, 0.3) is 5.56 Å². The van der Waals surface area contributed by atoms with Crippen molar-refractivity contribution in [2.75, 3.05) is 23.8 Å². The molecule has 0 aliphatic heterocycles. The van der Waals surface area contributed by atoms with Gasteiger partial charge in [-0.25, -0.2) is 9.97 Å². The van der Waals surface area contributed by atoms with Crippen molar-refractivity contribution < 1.29 is 9.90 Å². The Balaban J connectivity index is 1.44. The Bertz CT molecular complexity index is 1580. The number of thiophene rings is 1. The maximum absolute atomic E-state index is 12.8. The topological polar surface area (TPSA) is 113 Å². The molecule has 0 fully saturated rings. The van der Waals surface area contributed by atoms with Gasteiger partial charge in [0.1, 0.15) is 17.3 Å². The summed E-state index contributed by atoms with van der Waals surface area (Å²) in [5, 5.41) is 13.5. The lowest BCUT2D eigenvalue weighted by Gasteiger charge is -2.23. The molecule has 4 aromatic rings. The number of likely N-dealkylation sites (N-methyl/N-ethyl adjacent to an activating group) is 1. The van der Waals surface area contributed by atoms with Crippen LogP contribution in [0, 0.1) is 5.41 Å². The Labute approximate surface area is 231 Å². The summed E-state index contributed by atoms with van der Waals surface area (Å²) in [7, 11) is 3.63. The zero-order valence-electron chi connectivity index (χ0n) is 22.6. The number of aryl methyl sites for hydroxylation is 1. The number of rotatable bonds is 9. The van der Waals surface area contributed by atoms with Crippen molar-refractivity contribution in [3.8, 4) is 11.1 Å². The molecule has 202 valence electrons. The molecule has 4 aromatic heterocycles.